The highest BCUT2D eigenvalue weighted by Crippen LogP contribution is 2.28. The Bertz CT molecular complexity index is 757. The number of fused-ring (bicyclic) bond motifs is 3. The van der Waals surface area contributed by atoms with Gasteiger partial charge in [0.2, 0.25) is 0 Å². The molecule has 2 aromatic carbocycles. The zero-order chi connectivity index (χ0) is 15.8. The molecule has 1 aromatic heterocycles. The first-order chi connectivity index (χ1) is 11.2. The summed E-state index contributed by atoms with van der Waals surface area (Å²) in [6, 6.07) is 18.7. The van der Waals surface area contributed by atoms with Gasteiger partial charge in [-0.3, -0.25) is 4.90 Å². The largest absolute Gasteiger partial charge is 0.339 e. The second-order valence-corrected chi connectivity index (χ2v) is 6.91. The molecular weight excluding hydrogens is 282 g/mol. The number of aromatic nitrogens is 1. The molecule has 0 aliphatic carbocycles. The smallest absolute Gasteiger partial charge is 0.0491 e. The van der Waals surface area contributed by atoms with Crippen molar-refractivity contribution in [3.63, 3.8) is 0 Å². The first kappa shape index (κ1) is 14.7. The van der Waals surface area contributed by atoms with Crippen LogP contribution in [0.1, 0.15) is 13.8 Å². The van der Waals surface area contributed by atoms with Crippen LogP contribution in [-0.2, 0) is 6.54 Å². The number of rotatable bonds is 3. The van der Waals surface area contributed by atoms with Crippen LogP contribution in [0.3, 0.4) is 0 Å². The van der Waals surface area contributed by atoms with Crippen molar-refractivity contribution in [3.05, 3.63) is 48.5 Å². The molecule has 0 bridgehead atoms. The third kappa shape index (κ3) is 2.75. The first-order valence-corrected chi connectivity index (χ1v) is 8.67. The van der Waals surface area contributed by atoms with Crippen molar-refractivity contribution in [2.75, 3.05) is 19.6 Å². The predicted molar refractivity (Wildman–Crippen MR) is 97.9 cm³/mol. The van der Waals surface area contributed by atoms with Crippen LogP contribution in [-0.4, -0.2) is 41.2 Å². The van der Waals surface area contributed by atoms with Crippen molar-refractivity contribution < 1.29 is 0 Å². The van der Waals surface area contributed by atoms with Gasteiger partial charge in [-0.15, -0.1) is 0 Å². The monoisotopic (exact) mass is 307 g/mol. The lowest BCUT2D eigenvalue weighted by atomic mass is 10.1. The molecule has 1 saturated heterocycles. The maximum absolute atomic E-state index is 3.61. The summed E-state index contributed by atoms with van der Waals surface area (Å²) in [5.41, 5.74) is 2.70. The number of hydrogen-bond acceptors (Lipinski definition) is 2. The van der Waals surface area contributed by atoms with Gasteiger partial charge in [0.15, 0.2) is 0 Å². The minimum Gasteiger partial charge on any atom is -0.339 e. The van der Waals surface area contributed by atoms with E-state index in [1.807, 2.05) is 0 Å². The molecule has 2 heterocycles. The topological polar surface area (TPSA) is 20.2 Å². The minimum absolute atomic E-state index is 0.580. The van der Waals surface area contributed by atoms with Gasteiger partial charge in [0.1, 0.15) is 0 Å². The van der Waals surface area contributed by atoms with Gasteiger partial charge >= 0.3 is 0 Å². The third-order valence-electron chi connectivity index (χ3n) is 4.95. The van der Waals surface area contributed by atoms with Crippen molar-refractivity contribution in [1.82, 2.24) is 14.8 Å². The van der Waals surface area contributed by atoms with Gasteiger partial charge in [-0.25, -0.2) is 0 Å². The van der Waals surface area contributed by atoms with E-state index >= 15 is 0 Å². The maximum Gasteiger partial charge on any atom is 0.0491 e. The summed E-state index contributed by atoms with van der Waals surface area (Å²) >= 11 is 0. The molecule has 1 fully saturated rings. The van der Waals surface area contributed by atoms with Gasteiger partial charge in [-0.2, -0.15) is 0 Å². The highest BCUT2D eigenvalue weighted by Gasteiger charge is 2.20. The molecule has 23 heavy (non-hydrogen) atoms. The average Bonchev–Trinajstić information content (AvgIpc) is 2.86. The summed E-state index contributed by atoms with van der Waals surface area (Å²) in [6.45, 7) is 9.00. The summed E-state index contributed by atoms with van der Waals surface area (Å²) in [6.07, 6.45) is 0. The highest BCUT2D eigenvalue weighted by molar-refractivity contribution is 6.07. The fraction of sp³-hybridized carbons (Fsp3) is 0.400. The van der Waals surface area contributed by atoms with E-state index in [1.54, 1.807) is 0 Å². The van der Waals surface area contributed by atoms with Crippen molar-refractivity contribution in [2.24, 2.45) is 0 Å². The summed E-state index contributed by atoms with van der Waals surface area (Å²) in [7, 11) is 0. The van der Waals surface area contributed by atoms with Gasteiger partial charge in [0, 0.05) is 60.1 Å². The molecule has 120 valence electrons. The summed E-state index contributed by atoms with van der Waals surface area (Å²) in [5.74, 6) is 0. The van der Waals surface area contributed by atoms with Crippen LogP contribution in [0.15, 0.2) is 48.5 Å². The van der Waals surface area contributed by atoms with E-state index < -0.39 is 0 Å². The average molecular weight is 307 g/mol. The molecule has 0 amide bonds. The van der Waals surface area contributed by atoms with Gasteiger partial charge in [0.05, 0.1) is 0 Å². The van der Waals surface area contributed by atoms with E-state index in [2.05, 4.69) is 77.2 Å². The molecular formula is C20H25N3. The second kappa shape index (κ2) is 5.99. The molecule has 2 atom stereocenters. The van der Waals surface area contributed by atoms with Gasteiger partial charge in [0.25, 0.3) is 0 Å². The van der Waals surface area contributed by atoms with Crippen LogP contribution in [0.2, 0.25) is 0 Å². The molecule has 0 saturated carbocycles. The van der Waals surface area contributed by atoms with E-state index in [-0.39, 0.29) is 0 Å². The lowest BCUT2D eigenvalue weighted by Gasteiger charge is -2.36. The predicted octanol–water partition coefficient (Wildman–Crippen LogP) is 3.48. The number of piperazine rings is 1. The Kier molecular flexibility index (Phi) is 3.83. The van der Waals surface area contributed by atoms with Crippen molar-refractivity contribution in [1.29, 1.82) is 0 Å². The summed E-state index contributed by atoms with van der Waals surface area (Å²) < 4.78 is 2.49. The van der Waals surface area contributed by atoms with E-state index in [1.165, 1.54) is 21.8 Å². The molecule has 4 rings (SSSR count). The third-order valence-corrected chi connectivity index (χ3v) is 4.95. The van der Waals surface area contributed by atoms with Crippen LogP contribution in [0.4, 0.5) is 0 Å². The van der Waals surface area contributed by atoms with E-state index in [9.17, 15) is 0 Å². The van der Waals surface area contributed by atoms with Crippen molar-refractivity contribution >= 4 is 21.8 Å². The van der Waals surface area contributed by atoms with Crippen LogP contribution in [0.25, 0.3) is 21.8 Å². The SMILES string of the molecule is C[C@@H]1CN(CCn2c3ccccc3c3ccccc32)C[C@H](C)N1. The Morgan fingerprint density at radius 2 is 1.35 bits per heavy atom. The number of para-hydroxylation sites is 2. The Labute approximate surface area is 137 Å². The van der Waals surface area contributed by atoms with Gasteiger partial charge in [-0.1, -0.05) is 36.4 Å². The zero-order valence-electron chi connectivity index (χ0n) is 14.0. The number of benzene rings is 2. The second-order valence-electron chi connectivity index (χ2n) is 6.91. The maximum atomic E-state index is 3.61. The number of nitrogens with one attached hydrogen (secondary N) is 1. The normalized spacial score (nSPS) is 22.9. The number of nitrogens with zero attached hydrogens (tertiary/aromatic N) is 2. The zero-order valence-corrected chi connectivity index (χ0v) is 14.0. The highest BCUT2D eigenvalue weighted by atomic mass is 15.2. The Balaban J connectivity index is 1.65. The van der Waals surface area contributed by atoms with Crippen LogP contribution in [0, 0.1) is 0 Å². The fourth-order valence-electron chi connectivity index (χ4n) is 4.11. The number of hydrogen-bond donors (Lipinski definition) is 1. The Morgan fingerprint density at radius 1 is 0.826 bits per heavy atom. The Hall–Kier alpha value is -1.84. The van der Waals surface area contributed by atoms with Crippen LogP contribution in [0.5, 0.6) is 0 Å². The van der Waals surface area contributed by atoms with E-state index in [0.717, 1.165) is 26.2 Å². The molecule has 0 unspecified atom stereocenters. The van der Waals surface area contributed by atoms with E-state index in [0.29, 0.717) is 12.1 Å². The fourth-order valence-corrected chi connectivity index (χ4v) is 4.11. The molecule has 1 N–H and O–H groups in total. The standard InChI is InChI=1S/C20H25N3/c1-15-13-22(14-16(2)21-15)11-12-23-19-9-5-3-7-17(19)18-8-4-6-10-20(18)23/h3-10,15-16,21H,11-14H2,1-2H3/t15-,16+. The molecule has 3 aromatic rings. The lowest BCUT2D eigenvalue weighted by molar-refractivity contribution is 0.169. The quantitative estimate of drug-likeness (QED) is 0.799. The molecule has 0 spiro atoms. The van der Waals surface area contributed by atoms with Crippen LogP contribution >= 0.6 is 0 Å². The van der Waals surface area contributed by atoms with Crippen molar-refractivity contribution in [2.45, 2.75) is 32.5 Å². The molecule has 3 heteroatoms. The lowest BCUT2D eigenvalue weighted by Crippen LogP contribution is -2.54. The van der Waals surface area contributed by atoms with Crippen LogP contribution < -0.4 is 5.32 Å². The van der Waals surface area contributed by atoms with Gasteiger partial charge < -0.3 is 9.88 Å². The molecule has 1 aliphatic rings. The summed E-state index contributed by atoms with van der Waals surface area (Å²) in [5, 5.41) is 6.34. The molecule has 3 nitrogen and oxygen atoms in total. The van der Waals surface area contributed by atoms with Gasteiger partial charge in [-0.05, 0) is 26.0 Å². The van der Waals surface area contributed by atoms with E-state index in [4.69, 9.17) is 0 Å². The minimum atomic E-state index is 0.580. The Morgan fingerprint density at radius 3 is 1.91 bits per heavy atom. The summed E-state index contributed by atoms with van der Waals surface area (Å²) in [4.78, 5) is 2.59. The van der Waals surface area contributed by atoms with Crippen molar-refractivity contribution in [3.8, 4) is 0 Å². The first-order valence-electron chi connectivity index (χ1n) is 8.67. The molecule has 0 radical (unpaired) electrons. The molecule has 1 aliphatic heterocycles.